The topological polar surface area (TPSA) is 63.2 Å². The minimum absolute atomic E-state index is 0. The Morgan fingerprint density at radius 3 is 2.76 bits per heavy atom. The molecule has 1 aromatic carbocycles. The lowest BCUT2D eigenvalue weighted by Crippen LogP contribution is -2.47. The van der Waals surface area contributed by atoms with Crippen LogP contribution in [0.5, 0.6) is 0 Å². The van der Waals surface area contributed by atoms with Crippen molar-refractivity contribution in [3.8, 4) is 0 Å². The molecular formula is C18H25Cl2N3O2. The van der Waals surface area contributed by atoms with Gasteiger partial charge in [0.2, 0.25) is 0 Å². The number of hydrogen-bond donors (Lipinski definition) is 2. The molecule has 138 valence electrons. The Hall–Kier alpha value is -1.40. The van der Waals surface area contributed by atoms with Gasteiger partial charge in [0.1, 0.15) is 0 Å². The van der Waals surface area contributed by atoms with E-state index < -0.39 is 0 Å². The number of halogens is 2. The second-order valence-electron chi connectivity index (χ2n) is 6.27. The number of methoxy groups -OCH3 is 1. The minimum Gasteiger partial charge on any atom is -0.384 e. The summed E-state index contributed by atoms with van der Waals surface area (Å²) in [6, 6.07) is 7.62. The molecular weight excluding hydrogens is 361 g/mol. The first-order valence-corrected chi connectivity index (χ1v) is 8.05. The van der Waals surface area contributed by atoms with Gasteiger partial charge in [-0.1, -0.05) is 12.1 Å². The van der Waals surface area contributed by atoms with Crippen LogP contribution >= 0.6 is 24.8 Å². The number of fused-ring (bicyclic) bond motifs is 1. The van der Waals surface area contributed by atoms with Crippen LogP contribution in [0, 0.1) is 5.41 Å². The first-order valence-electron chi connectivity index (χ1n) is 8.05. The zero-order valence-electron chi connectivity index (χ0n) is 14.3. The highest BCUT2D eigenvalue weighted by Gasteiger charge is 2.32. The molecule has 0 aliphatic carbocycles. The van der Waals surface area contributed by atoms with Gasteiger partial charge in [0, 0.05) is 42.4 Å². The van der Waals surface area contributed by atoms with Crippen LogP contribution in [0.15, 0.2) is 36.7 Å². The highest BCUT2D eigenvalue weighted by molar-refractivity contribution is 6.06. The van der Waals surface area contributed by atoms with E-state index in [1.165, 1.54) is 0 Å². The van der Waals surface area contributed by atoms with E-state index in [4.69, 9.17) is 4.74 Å². The van der Waals surface area contributed by atoms with Crippen molar-refractivity contribution in [2.45, 2.75) is 12.8 Å². The van der Waals surface area contributed by atoms with Gasteiger partial charge in [0.15, 0.2) is 0 Å². The van der Waals surface area contributed by atoms with E-state index in [0.717, 1.165) is 36.7 Å². The number of piperidine rings is 1. The summed E-state index contributed by atoms with van der Waals surface area (Å²) in [6.45, 7) is 3.26. The zero-order chi connectivity index (χ0) is 16.1. The summed E-state index contributed by atoms with van der Waals surface area (Å²) in [4.78, 5) is 16.8. The fraction of sp³-hybridized carbons (Fsp3) is 0.444. The molecule has 1 aliphatic heterocycles. The maximum atomic E-state index is 12.7. The third-order valence-electron chi connectivity index (χ3n) is 4.66. The number of nitrogens with one attached hydrogen (secondary N) is 2. The fourth-order valence-electron chi connectivity index (χ4n) is 3.32. The lowest BCUT2D eigenvalue weighted by atomic mass is 9.79. The molecule has 7 heteroatoms. The summed E-state index contributed by atoms with van der Waals surface area (Å²) in [7, 11) is 1.73. The van der Waals surface area contributed by atoms with Gasteiger partial charge in [0.05, 0.1) is 6.61 Å². The average molecular weight is 386 g/mol. The molecule has 1 amide bonds. The molecule has 3 rings (SSSR count). The summed E-state index contributed by atoms with van der Waals surface area (Å²) in [6.07, 6.45) is 5.53. The standard InChI is InChI=1S/C18H23N3O2.2ClH/c1-23-13-18(6-9-19-10-7-18)12-21-17(22)16-4-2-3-14-11-20-8-5-15(14)16;;/h2-5,8,11,19H,6-7,9-10,12-13H2,1H3,(H,21,22);2*1H. The molecule has 0 atom stereocenters. The molecule has 0 saturated carbocycles. The van der Waals surface area contributed by atoms with Gasteiger partial charge in [-0.2, -0.15) is 0 Å². The lowest BCUT2D eigenvalue weighted by molar-refractivity contribution is 0.0512. The summed E-state index contributed by atoms with van der Waals surface area (Å²) in [5.74, 6) is -0.0317. The third-order valence-corrected chi connectivity index (χ3v) is 4.66. The summed E-state index contributed by atoms with van der Waals surface area (Å²) >= 11 is 0. The minimum atomic E-state index is -0.0317. The van der Waals surface area contributed by atoms with E-state index in [2.05, 4.69) is 15.6 Å². The number of amides is 1. The van der Waals surface area contributed by atoms with Crippen molar-refractivity contribution in [1.29, 1.82) is 0 Å². The van der Waals surface area contributed by atoms with Gasteiger partial charge in [-0.15, -0.1) is 24.8 Å². The lowest BCUT2D eigenvalue weighted by Gasteiger charge is -2.37. The number of carbonyl (C=O) groups excluding carboxylic acids is 1. The van der Waals surface area contributed by atoms with E-state index in [1.54, 1.807) is 19.5 Å². The van der Waals surface area contributed by atoms with Gasteiger partial charge >= 0.3 is 0 Å². The second kappa shape index (κ2) is 9.92. The van der Waals surface area contributed by atoms with Gasteiger partial charge in [-0.05, 0) is 43.5 Å². The predicted molar refractivity (Wildman–Crippen MR) is 105 cm³/mol. The van der Waals surface area contributed by atoms with Crippen LogP contribution in [0.3, 0.4) is 0 Å². The molecule has 1 aromatic heterocycles. The Balaban J connectivity index is 0.00000156. The first kappa shape index (κ1) is 21.6. The van der Waals surface area contributed by atoms with Crippen LogP contribution < -0.4 is 10.6 Å². The Kier molecular flexibility index (Phi) is 8.59. The molecule has 1 aliphatic rings. The Morgan fingerprint density at radius 1 is 1.28 bits per heavy atom. The largest absolute Gasteiger partial charge is 0.384 e. The van der Waals surface area contributed by atoms with Crippen molar-refractivity contribution >= 4 is 41.5 Å². The van der Waals surface area contributed by atoms with Crippen LogP contribution in [-0.4, -0.2) is 44.2 Å². The van der Waals surface area contributed by atoms with E-state index in [-0.39, 0.29) is 36.1 Å². The highest BCUT2D eigenvalue weighted by atomic mass is 35.5. The fourth-order valence-corrected chi connectivity index (χ4v) is 3.32. The van der Waals surface area contributed by atoms with Crippen molar-refractivity contribution in [2.75, 3.05) is 33.4 Å². The van der Waals surface area contributed by atoms with Crippen LogP contribution in [0.25, 0.3) is 10.8 Å². The number of rotatable bonds is 5. The molecule has 5 nitrogen and oxygen atoms in total. The van der Waals surface area contributed by atoms with Gasteiger partial charge in [-0.3, -0.25) is 9.78 Å². The second-order valence-corrected chi connectivity index (χ2v) is 6.27. The number of ether oxygens (including phenoxy) is 1. The molecule has 0 unspecified atom stereocenters. The average Bonchev–Trinajstić information content (AvgIpc) is 2.60. The zero-order valence-corrected chi connectivity index (χ0v) is 15.9. The number of hydrogen-bond acceptors (Lipinski definition) is 4. The third kappa shape index (κ3) is 5.05. The molecule has 0 bridgehead atoms. The summed E-state index contributed by atoms with van der Waals surface area (Å²) in [5.41, 5.74) is 0.730. The van der Waals surface area contributed by atoms with Crippen molar-refractivity contribution in [3.63, 3.8) is 0 Å². The molecule has 2 heterocycles. The summed E-state index contributed by atoms with van der Waals surface area (Å²) in [5, 5.41) is 8.40. The predicted octanol–water partition coefficient (Wildman–Crippen LogP) is 2.82. The normalized spacial score (nSPS) is 15.7. The molecule has 25 heavy (non-hydrogen) atoms. The van der Waals surface area contributed by atoms with E-state index in [0.29, 0.717) is 18.7 Å². The monoisotopic (exact) mass is 385 g/mol. The van der Waals surface area contributed by atoms with Crippen LogP contribution in [0.2, 0.25) is 0 Å². The first-order chi connectivity index (χ1) is 11.2. The number of pyridine rings is 1. The Bertz CT molecular complexity index is 680. The molecule has 0 radical (unpaired) electrons. The van der Waals surface area contributed by atoms with E-state index in [1.807, 2.05) is 24.3 Å². The van der Waals surface area contributed by atoms with Crippen molar-refractivity contribution in [1.82, 2.24) is 15.6 Å². The molecule has 0 spiro atoms. The molecule has 1 saturated heterocycles. The smallest absolute Gasteiger partial charge is 0.251 e. The van der Waals surface area contributed by atoms with Gasteiger partial charge in [-0.25, -0.2) is 0 Å². The Labute approximate surface area is 160 Å². The van der Waals surface area contributed by atoms with Gasteiger partial charge in [0.25, 0.3) is 5.91 Å². The van der Waals surface area contributed by atoms with Gasteiger partial charge < -0.3 is 15.4 Å². The number of benzene rings is 1. The quantitative estimate of drug-likeness (QED) is 0.830. The van der Waals surface area contributed by atoms with E-state index in [9.17, 15) is 4.79 Å². The maximum absolute atomic E-state index is 12.7. The maximum Gasteiger partial charge on any atom is 0.251 e. The van der Waals surface area contributed by atoms with Crippen LogP contribution in [0.1, 0.15) is 23.2 Å². The van der Waals surface area contributed by atoms with Crippen LogP contribution in [0.4, 0.5) is 0 Å². The van der Waals surface area contributed by atoms with Crippen molar-refractivity contribution in [3.05, 3.63) is 42.2 Å². The van der Waals surface area contributed by atoms with Crippen molar-refractivity contribution < 1.29 is 9.53 Å². The highest BCUT2D eigenvalue weighted by Crippen LogP contribution is 2.28. The van der Waals surface area contributed by atoms with Crippen LogP contribution in [-0.2, 0) is 4.74 Å². The molecule has 1 fully saturated rings. The number of carbonyl (C=O) groups is 1. The number of aromatic nitrogens is 1. The summed E-state index contributed by atoms with van der Waals surface area (Å²) < 4.78 is 5.41. The molecule has 2 N–H and O–H groups in total. The Morgan fingerprint density at radius 2 is 2.04 bits per heavy atom. The van der Waals surface area contributed by atoms with E-state index >= 15 is 0 Å². The van der Waals surface area contributed by atoms with Crippen molar-refractivity contribution in [2.24, 2.45) is 5.41 Å². The SMILES string of the molecule is COCC1(CNC(=O)c2cccc3cnccc23)CCNCC1.Cl.Cl. The molecule has 2 aromatic rings. The number of nitrogens with zero attached hydrogens (tertiary/aromatic N) is 1.